The molecule has 0 saturated carbocycles. The van der Waals surface area contributed by atoms with Gasteiger partial charge in [-0.3, -0.25) is 4.68 Å². The van der Waals surface area contributed by atoms with Gasteiger partial charge in [0.25, 0.3) is 0 Å². The van der Waals surface area contributed by atoms with E-state index in [-0.39, 0.29) is 0 Å². The van der Waals surface area contributed by atoms with Crippen molar-refractivity contribution in [2.75, 3.05) is 6.79 Å². The molecule has 5 heteroatoms. The van der Waals surface area contributed by atoms with Gasteiger partial charge in [-0.2, -0.15) is 17.7 Å². The monoisotopic (exact) mass is 248 g/mol. The summed E-state index contributed by atoms with van der Waals surface area (Å²) in [6.45, 7) is 0.298. The minimum atomic E-state index is 0.298. The molecule has 1 aromatic carbocycles. The van der Waals surface area contributed by atoms with Gasteiger partial charge in [0.2, 0.25) is 6.79 Å². The molecule has 2 aromatic rings. The first-order valence-corrected chi connectivity index (χ1v) is 5.95. The molecule has 1 aliphatic rings. The molecule has 0 N–H and O–H groups in total. The predicted octanol–water partition coefficient (Wildman–Crippen LogP) is 2.25. The summed E-state index contributed by atoms with van der Waals surface area (Å²) in [4.78, 5) is 0. The molecule has 2 heterocycles. The normalized spacial score (nSPS) is 13.1. The van der Waals surface area contributed by atoms with Crippen molar-refractivity contribution in [2.24, 2.45) is 7.05 Å². The Morgan fingerprint density at radius 3 is 2.88 bits per heavy atom. The Balaban J connectivity index is 2.06. The van der Waals surface area contributed by atoms with Crippen LogP contribution in [0.15, 0.2) is 24.3 Å². The van der Waals surface area contributed by atoms with Crippen molar-refractivity contribution in [1.82, 2.24) is 9.78 Å². The van der Waals surface area contributed by atoms with E-state index in [2.05, 4.69) is 17.7 Å². The van der Waals surface area contributed by atoms with Crippen LogP contribution in [0.5, 0.6) is 11.5 Å². The quantitative estimate of drug-likeness (QED) is 0.828. The maximum atomic E-state index is 5.37. The van der Waals surface area contributed by atoms with E-state index in [0.717, 1.165) is 28.5 Å². The zero-order valence-electron chi connectivity index (χ0n) is 9.38. The van der Waals surface area contributed by atoms with Gasteiger partial charge in [0, 0.05) is 18.4 Å². The highest BCUT2D eigenvalue weighted by Crippen LogP contribution is 2.35. The second-order valence-electron chi connectivity index (χ2n) is 3.87. The van der Waals surface area contributed by atoms with Crippen LogP contribution in [0.25, 0.3) is 11.3 Å². The maximum absolute atomic E-state index is 5.37. The molecule has 0 fully saturated rings. The fraction of sp³-hybridized carbons (Fsp3) is 0.250. The lowest BCUT2D eigenvalue weighted by Gasteiger charge is -2.03. The van der Waals surface area contributed by atoms with Crippen LogP contribution >= 0.6 is 12.6 Å². The van der Waals surface area contributed by atoms with Gasteiger partial charge < -0.3 is 9.47 Å². The zero-order chi connectivity index (χ0) is 11.8. The number of hydrogen-bond acceptors (Lipinski definition) is 4. The van der Waals surface area contributed by atoms with Crippen molar-refractivity contribution in [3.05, 3.63) is 30.0 Å². The van der Waals surface area contributed by atoms with E-state index in [1.807, 2.05) is 36.0 Å². The number of hydrogen-bond donors (Lipinski definition) is 1. The summed E-state index contributed by atoms with van der Waals surface area (Å²) in [6.07, 6.45) is 0. The molecule has 3 rings (SSSR count). The average molecular weight is 248 g/mol. The number of ether oxygens (including phenoxy) is 2. The Morgan fingerprint density at radius 2 is 2.12 bits per heavy atom. The second kappa shape index (κ2) is 4.00. The largest absolute Gasteiger partial charge is 0.454 e. The van der Waals surface area contributed by atoms with Crippen molar-refractivity contribution >= 4 is 12.6 Å². The van der Waals surface area contributed by atoms with E-state index >= 15 is 0 Å². The van der Waals surface area contributed by atoms with Gasteiger partial charge in [-0.1, -0.05) is 0 Å². The first kappa shape index (κ1) is 10.5. The Morgan fingerprint density at radius 1 is 1.29 bits per heavy atom. The van der Waals surface area contributed by atoms with Gasteiger partial charge in [-0.25, -0.2) is 0 Å². The topological polar surface area (TPSA) is 36.3 Å². The molecule has 0 aliphatic carbocycles. The summed E-state index contributed by atoms with van der Waals surface area (Å²) in [7, 11) is 1.92. The summed E-state index contributed by atoms with van der Waals surface area (Å²) in [6, 6.07) is 7.93. The molecule has 0 atom stereocenters. The van der Waals surface area contributed by atoms with Crippen LogP contribution in [0.4, 0.5) is 0 Å². The second-order valence-corrected chi connectivity index (χ2v) is 4.19. The fourth-order valence-corrected chi connectivity index (χ4v) is 2.08. The van der Waals surface area contributed by atoms with Gasteiger partial charge in [-0.15, -0.1) is 0 Å². The van der Waals surface area contributed by atoms with Crippen molar-refractivity contribution in [3.8, 4) is 22.8 Å². The molecular formula is C12H12N2O2S. The van der Waals surface area contributed by atoms with E-state index in [1.165, 1.54) is 0 Å². The first-order chi connectivity index (χ1) is 8.28. The van der Waals surface area contributed by atoms with E-state index in [4.69, 9.17) is 9.47 Å². The molecule has 0 amide bonds. The number of fused-ring (bicyclic) bond motifs is 1. The van der Waals surface area contributed by atoms with Crippen molar-refractivity contribution < 1.29 is 9.47 Å². The van der Waals surface area contributed by atoms with Crippen molar-refractivity contribution in [2.45, 2.75) is 5.75 Å². The van der Waals surface area contributed by atoms with Crippen LogP contribution in [-0.2, 0) is 12.8 Å². The summed E-state index contributed by atoms with van der Waals surface area (Å²) in [5, 5.41) is 4.37. The SMILES string of the molecule is Cn1nc(CS)cc1-c1ccc2c(c1)OCO2. The molecule has 4 nitrogen and oxygen atoms in total. The molecule has 0 bridgehead atoms. The van der Waals surface area contributed by atoms with Gasteiger partial charge in [-0.05, 0) is 24.3 Å². The standard InChI is InChI=1S/C12H12N2O2S/c1-14-10(5-9(6-17)13-14)8-2-3-11-12(4-8)16-7-15-11/h2-5,17H,6-7H2,1H3. The number of nitrogens with zero attached hydrogens (tertiary/aromatic N) is 2. The predicted molar refractivity (Wildman–Crippen MR) is 67.5 cm³/mol. The molecule has 0 radical (unpaired) electrons. The van der Waals surface area contributed by atoms with Crippen LogP contribution in [0.2, 0.25) is 0 Å². The van der Waals surface area contributed by atoms with Crippen molar-refractivity contribution in [1.29, 1.82) is 0 Å². The number of benzene rings is 1. The number of aryl methyl sites for hydroxylation is 1. The van der Waals surface area contributed by atoms with Crippen molar-refractivity contribution in [3.63, 3.8) is 0 Å². The lowest BCUT2D eigenvalue weighted by molar-refractivity contribution is 0.174. The Labute approximate surface area is 105 Å². The van der Waals surface area contributed by atoms with Gasteiger partial charge in [0.1, 0.15) is 0 Å². The third-order valence-corrected chi connectivity index (χ3v) is 3.08. The third-order valence-electron chi connectivity index (χ3n) is 2.76. The van der Waals surface area contributed by atoms with Gasteiger partial charge in [0.15, 0.2) is 11.5 Å². The molecular weight excluding hydrogens is 236 g/mol. The minimum absolute atomic E-state index is 0.298. The van der Waals surface area contributed by atoms with Crippen LogP contribution in [0.3, 0.4) is 0 Å². The van der Waals surface area contributed by atoms with Crippen LogP contribution in [-0.4, -0.2) is 16.6 Å². The summed E-state index contributed by atoms with van der Waals surface area (Å²) in [5.41, 5.74) is 3.08. The highest BCUT2D eigenvalue weighted by molar-refractivity contribution is 7.79. The first-order valence-electron chi connectivity index (χ1n) is 5.32. The molecule has 0 saturated heterocycles. The van der Waals surface area contributed by atoms with Crippen LogP contribution in [0.1, 0.15) is 5.69 Å². The van der Waals surface area contributed by atoms with E-state index < -0.39 is 0 Å². The fourth-order valence-electron chi connectivity index (χ4n) is 1.93. The highest BCUT2D eigenvalue weighted by Gasteiger charge is 2.15. The van der Waals surface area contributed by atoms with Gasteiger partial charge in [0.05, 0.1) is 11.4 Å². The summed E-state index contributed by atoms with van der Waals surface area (Å²) >= 11 is 4.23. The number of aromatic nitrogens is 2. The molecule has 0 unspecified atom stereocenters. The third kappa shape index (κ3) is 1.76. The Bertz CT molecular complexity index is 566. The smallest absolute Gasteiger partial charge is 0.231 e. The summed E-state index contributed by atoms with van der Waals surface area (Å²) in [5.74, 6) is 2.22. The molecule has 1 aliphatic heterocycles. The minimum Gasteiger partial charge on any atom is -0.454 e. The number of rotatable bonds is 2. The summed E-state index contributed by atoms with van der Waals surface area (Å²) < 4.78 is 12.5. The Hall–Kier alpha value is -1.62. The van der Waals surface area contributed by atoms with E-state index in [1.54, 1.807) is 0 Å². The maximum Gasteiger partial charge on any atom is 0.231 e. The molecule has 17 heavy (non-hydrogen) atoms. The van der Waals surface area contributed by atoms with E-state index in [9.17, 15) is 0 Å². The zero-order valence-corrected chi connectivity index (χ0v) is 10.3. The molecule has 1 aromatic heterocycles. The average Bonchev–Trinajstić information content (AvgIpc) is 2.93. The Kier molecular flexibility index (Phi) is 2.48. The number of thiol groups is 1. The van der Waals surface area contributed by atoms with Gasteiger partial charge >= 0.3 is 0 Å². The van der Waals surface area contributed by atoms with Crippen LogP contribution < -0.4 is 9.47 Å². The van der Waals surface area contributed by atoms with E-state index in [0.29, 0.717) is 12.5 Å². The molecule has 88 valence electrons. The van der Waals surface area contributed by atoms with Crippen LogP contribution in [0, 0.1) is 0 Å². The lowest BCUT2D eigenvalue weighted by atomic mass is 10.1. The highest BCUT2D eigenvalue weighted by atomic mass is 32.1. The lowest BCUT2D eigenvalue weighted by Crippen LogP contribution is -1.94. The molecule has 0 spiro atoms.